The number of hydrogen-bond donors (Lipinski definition) is 4. The zero-order chi connectivity index (χ0) is 41.3. The summed E-state index contributed by atoms with van der Waals surface area (Å²) in [5.74, 6) is -7.68. The Labute approximate surface area is 300 Å². The SMILES string of the molecule is CCCCCN(CCCCC)c1ccc(N=Nc2n(CCCN)cc[n+]2CCCN)cc1.O=C(O)C(F)(F)F.O=C(O)C(F)(F)F.O=C([O-])C(F)(F)F. The lowest BCUT2D eigenvalue weighted by atomic mass is 10.2. The number of aliphatic carboxylic acids is 3. The van der Waals surface area contributed by atoms with Gasteiger partial charge in [-0.3, -0.25) is 0 Å². The first kappa shape index (κ1) is 50.6. The normalized spacial score (nSPS) is 11.4. The minimum Gasteiger partial charge on any atom is -0.542 e. The number of carboxylic acids is 3. The number of benzene rings is 1. The van der Waals surface area contributed by atoms with Gasteiger partial charge in [0.1, 0.15) is 11.7 Å². The Morgan fingerprint density at radius 3 is 1.55 bits per heavy atom. The molecular weight excluding hydrogens is 737 g/mol. The molecule has 0 saturated carbocycles. The second-order valence-corrected chi connectivity index (χ2v) is 10.8. The standard InChI is InChI=1S/C25H44N7.3C2HF3O2/c1-3-5-7-17-30(18-8-6-4-2)24-13-11-23(12-14-24)28-29-25-31(19-9-15-26)21-22-32(25)20-10-16-27;3*3-2(4,5)1(6)7/h11-14,21-22H,3-10,15-20,26-27H2,1-2H3;3*(H,6,7)/q+1;;;/p-1. The van der Waals surface area contributed by atoms with E-state index in [-0.39, 0.29) is 0 Å². The third-order valence-electron chi connectivity index (χ3n) is 6.40. The smallest absolute Gasteiger partial charge is 0.490 e. The Bertz CT molecular complexity index is 1260. The van der Waals surface area contributed by atoms with Gasteiger partial charge in [0.15, 0.2) is 0 Å². The molecule has 0 aliphatic heterocycles. The van der Waals surface area contributed by atoms with Gasteiger partial charge in [0.05, 0.1) is 25.5 Å². The van der Waals surface area contributed by atoms with Crippen molar-refractivity contribution < 1.29 is 73.8 Å². The maximum absolute atomic E-state index is 10.6. The summed E-state index contributed by atoms with van der Waals surface area (Å²) in [6.07, 6.45) is -1.89. The number of carbonyl (C=O) groups excluding carboxylic acids is 1. The molecule has 2 rings (SSSR count). The monoisotopic (exact) mass is 783 g/mol. The minimum absolute atomic E-state index is 0.659. The number of nitrogens with zero attached hydrogens (tertiary/aromatic N) is 5. The van der Waals surface area contributed by atoms with Crippen LogP contribution < -0.4 is 26.0 Å². The number of anilines is 1. The highest BCUT2D eigenvalue weighted by Gasteiger charge is 2.39. The molecule has 2 aromatic rings. The molecule has 13 nitrogen and oxygen atoms in total. The van der Waals surface area contributed by atoms with Crippen molar-refractivity contribution in [2.45, 2.75) is 96.8 Å². The fourth-order valence-electron chi connectivity index (χ4n) is 3.75. The molecule has 0 bridgehead atoms. The van der Waals surface area contributed by atoms with Crippen molar-refractivity contribution >= 4 is 35.2 Å². The van der Waals surface area contributed by atoms with Gasteiger partial charge in [-0.1, -0.05) is 44.6 Å². The van der Waals surface area contributed by atoms with Crippen molar-refractivity contribution in [3.8, 4) is 0 Å². The van der Waals surface area contributed by atoms with Crippen LogP contribution in [-0.4, -0.2) is 77.4 Å². The molecule has 0 spiro atoms. The van der Waals surface area contributed by atoms with Crippen LogP contribution in [0.1, 0.15) is 65.2 Å². The van der Waals surface area contributed by atoms with Crippen LogP contribution in [0.2, 0.25) is 0 Å². The van der Waals surface area contributed by atoms with E-state index in [1.54, 1.807) is 0 Å². The van der Waals surface area contributed by atoms with E-state index in [9.17, 15) is 39.5 Å². The number of unbranched alkanes of at least 4 members (excludes halogenated alkanes) is 4. The Balaban J connectivity index is 0. The number of imidazole rings is 1. The number of halogens is 9. The van der Waals surface area contributed by atoms with Crippen LogP contribution >= 0.6 is 0 Å². The number of hydrogen-bond acceptors (Lipinski definition) is 9. The number of carboxylic acid groups (broad SMARTS) is 3. The highest BCUT2D eigenvalue weighted by atomic mass is 19.4. The molecule has 53 heavy (non-hydrogen) atoms. The predicted octanol–water partition coefficient (Wildman–Crippen LogP) is 5.64. The van der Waals surface area contributed by atoms with Crippen LogP contribution in [-0.2, 0) is 27.5 Å². The van der Waals surface area contributed by atoms with Crippen LogP contribution in [0.25, 0.3) is 0 Å². The molecule has 0 aliphatic carbocycles. The number of azo groups is 1. The summed E-state index contributed by atoms with van der Waals surface area (Å²) in [4.78, 5) is 29.1. The van der Waals surface area contributed by atoms with Crippen LogP contribution in [0.15, 0.2) is 46.9 Å². The van der Waals surface area contributed by atoms with Gasteiger partial charge in [-0.2, -0.15) is 39.5 Å². The van der Waals surface area contributed by atoms with Crippen molar-refractivity contribution in [2.24, 2.45) is 21.7 Å². The minimum atomic E-state index is -5.19. The van der Waals surface area contributed by atoms with Crippen molar-refractivity contribution in [2.75, 3.05) is 31.1 Å². The Kier molecular flexibility index (Phi) is 25.1. The second kappa shape index (κ2) is 26.3. The lowest BCUT2D eigenvalue weighted by Crippen LogP contribution is -2.37. The van der Waals surface area contributed by atoms with Crippen molar-refractivity contribution in [3.63, 3.8) is 0 Å². The zero-order valence-electron chi connectivity index (χ0n) is 29.2. The quantitative estimate of drug-likeness (QED) is 0.0678. The topological polar surface area (TPSA) is 204 Å². The number of aromatic nitrogens is 2. The van der Waals surface area contributed by atoms with E-state index < -0.39 is 36.4 Å². The van der Waals surface area contributed by atoms with Gasteiger partial charge in [-0.15, -0.1) is 0 Å². The van der Waals surface area contributed by atoms with Gasteiger partial charge in [0, 0.05) is 23.9 Å². The van der Waals surface area contributed by atoms with Crippen LogP contribution in [0.5, 0.6) is 0 Å². The van der Waals surface area contributed by atoms with Crippen molar-refractivity contribution in [1.29, 1.82) is 0 Å². The summed E-state index contributed by atoms with van der Waals surface area (Å²) in [6, 6.07) is 8.51. The van der Waals surface area contributed by atoms with Gasteiger partial charge < -0.3 is 36.5 Å². The average Bonchev–Trinajstić information content (AvgIpc) is 3.45. The van der Waals surface area contributed by atoms with Gasteiger partial charge >= 0.3 is 36.4 Å². The molecule has 1 aromatic carbocycles. The molecular formula is C31H46F9N7O6. The highest BCUT2D eigenvalue weighted by molar-refractivity contribution is 5.73. The summed E-state index contributed by atoms with van der Waals surface area (Å²) in [5.41, 5.74) is 13.5. The highest BCUT2D eigenvalue weighted by Crippen LogP contribution is 2.23. The number of alkyl halides is 9. The molecule has 1 heterocycles. The maximum Gasteiger partial charge on any atom is 0.490 e. The Morgan fingerprint density at radius 1 is 0.755 bits per heavy atom. The molecule has 0 atom stereocenters. The molecule has 304 valence electrons. The molecule has 0 amide bonds. The first-order valence-corrected chi connectivity index (χ1v) is 16.2. The van der Waals surface area contributed by atoms with E-state index >= 15 is 0 Å². The molecule has 0 fully saturated rings. The number of nitrogens with two attached hydrogens (primary N) is 2. The Morgan fingerprint density at radius 2 is 1.19 bits per heavy atom. The largest absolute Gasteiger partial charge is 0.542 e. The van der Waals surface area contributed by atoms with E-state index in [0.29, 0.717) is 13.1 Å². The van der Waals surface area contributed by atoms with E-state index in [4.69, 9.17) is 41.2 Å². The predicted molar refractivity (Wildman–Crippen MR) is 172 cm³/mol. The van der Waals surface area contributed by atoms with Crippen molar-refractivity contribution in [3.05, 3.63) is 36.7 Å². The van der Waals surface area contributed by atoms with E-state index in [1.165, 1.54) is 44.2 Å². The van der Waals surface area contributed by atoms with Crippen LogP contribution in [0, 0.1) is 0 Å². The van der Waals surface area contributed by atoms with Gasteiger partial charge in [-0.25, -0.2) is 18.7 Å². The summed E-state index contributed by atoms with van der Waals surface area (Å²) in [5, 5.41) is 32.2. The maximum atomic E-state index is 10.6. The van der Waals surface area contributed by atoms with Gasteiger partial charge in [0.2, 0.25) is 0 Å². The summed E-state index contributed by atoms with van der Waals surface area (Å²) >= 11 is 0. The number of carbonyl (C=O) groups is 3. The summed E-state index contributed by atoms with van der Waals surface area (Å²) in [6.45, 7) is 9.75. The summed E-state index contributed by atoms with van der Waals surface area (Å²) < 4.78 is 99.3. The lowest BCUT2D eigenvalue weighted by Gasteiger charge is -2.25. The lowest BCUT2D eigenvalue weighted by molar-refractivity contribution is -0.683. The molecule has 22 heteroatoms. The molecule has 6 N–H and O–H groups in total. The van der Waals surface area contributed by atoms with Gasteiger partial charge in [-0.05, 0) is 63.0 Å². The summed E-state index contributed by atoms with van der Waals surface area (Å²) in [7, 11) is 0. The van der Waals surface area contributed by atoms with E-state index in [0.717, 1.165) is 50.7 Å². The van der Waals surface area contributed by atoms with E-state index in [2.05, 4.69) is 62.4 Å². The van der Waals surface area contributed by atoms with Crippen molar-refractivity contribution in [1.82, 2.24) is 4.57 Å². The van der Waals surface area contributed by atoms with E-state index in [1.807, 2.05) is 12.4 Å². The zero-order valence-corrected chi connectivity index (χ0v) is 29.2. The van der Waals surface area contributed by atoms with Crippen LogP contribution in [0.4, 0.5) is 56.8 Å². The molecule has 0 unspecified atom stereocenters. The second-order valence-electron chi connectivity index (χ2n) is 10.8. The van der Waals surface area contributed by atoms with Crippen LogP contribution in [0.3, 0.4) is 0 Å². The third kappa shape index (κ3) is 24.4. The number of aryl methyl sites for hydroxylation is 2. The average molecular weight is 784 g/mol. The Hall–Kier alpha value is -4.47. The first-order chi connectivity index (χ1) is 24.6. The molecule has 0 aliphatic rings. The fourth-order valence-corrected chi connectivity index (χ4v) is 3.75. The molecule has 1 aromatic heterocycles. The fraction of sp³-hybridized carbons (Fsp3) is 0.613. The molecule has 0 radical (unpaired) electrons. The third-order valence-corrected chi connectivity index (χ3v) is 6.40. The number of rotatable bonds is 17. The molecule has 0 saturated heterocycles. The van der Waals surface area contributed by atoms with Gasteiger partial charge in [0.25, 0.3) is 0 Å². The first-order valence-electron chi connectivity index (χ1n) is 16.2.